The molecule has 156 valence electrons. The molecule has 0 aliphatic carbocycles. The number of hydrogen-bond acceptors (Lipinski definition) is 4. The van der Waals surface area contributed by atoms with Crippen molar-refractivity contribution in [1.82, 2.24) is 19.9 Å². The number of fused-ring (bicyclic) bond motifs is 2. The highest BCUT2D eigenvalue weighted by atomic mass is 19.3. The van der Waals surface area contributed by atoms with E-state index in [1.54, 1.807) is 24.5 Å². The molecule has 0 radical (unpaired) electrons. The largest absolute Gasteiger partial charge is 0.338 e. The molecule has 1 aliphatic heterocycles. The standard InChI is InChI=1S/C23H18F2N4O2/c24-23(25)5-8-29(9-6-23)22(31)17-11-14-2-1-3-18(19(14)27-13-17)16-10-15-4-7-26-21(30)20(15)28-12-16/h1-4,7,10-13H,5-6,8-9H2,(H,26,30). The van der Waals surface area contributed by atoms with Gasteiger partial charge in [-0.15, -0.1) is 0 Å². The summed E-state index contributed by atoms with van der Waals surface area (Å²) in [4.78, 5) is 37.5. The van der Waals surface area contributed by atoms with Gasteiger partial charge in [0.2, 0.25) is 0 Å². The molecular weight excluding hydrogens is 402 g/mol. The topological polar surface area (TPSA) is 79.0 Å². The van der Waals surface area contributed by atoms with Crippen molar-refractivity contribution in [2.75, 3.05) is 13.1 Å². The van der Waals surface area contributed by atoms with E-state index < -0.39 is 5.92 Å². The summed E-state index contributed by atoms with van der Waals surface area (Å²) >= 11 is 0. The molecule has 0 atom stereocenters. The van der Waals surface area contributed by atoms with E-state index in [9.17, 15) is 18.4 Å². The number of benzene rings is 1. The third-order valence-electron chi connectivity index (χ3n) is 5.66. The van der Waals surface area contributed by atoms with Gasteiger partial charge >= 0.3 is 0 Å². The van der Waals surface area contributed by atoms with Gasteiger partial charge in [-0.25, -0.2) is 13.8 Å². The van der Waals surface area contributed by atoms with Gasteiger partial charge in [-0.05, 0) is 18.2 Å². The molecule has 3 aromatic heterocycles. The number of aromatic amines is 1. The molecule has 1 saturated heterocycles. The van der Waals surface area contributed by atoms with Crippen LogP contribution in [0.4, 0.5) is 8.78 Å². The number of carbonyl (C=O) groups is 1. The van der Waals surface area contributed by atoms with Crippen LogP contribution in [0.25, 0.3) is 32.9 Å². The quantitative estimate of drug-likeness (QED) is 0.532. The summed E-state index contributed by atoms with van der Waals surface area (Å²) < 4.78 is 26.8. The summed E-state index contributed by atoms with van der Waals surface area (Å²) in [5.41, 5.74) is 2.80. The highest BCUT2D eigenvalue weighted by Gasteiger charge is 2.35. The number of amides is 1. The Morgan fingerprint density at radius 3 is 2.55 bits per heavy atom. The highest BCUT2D eigenvalue weighted by molar-refractivity contribution is 6.01. The molecule has 0 unspecified atom stereocenters. The van der Waals surface area contributed by atoms with Crippen molar-refractivity contribution in [3.05, 3.63) is 70.9 Å². The summed E-state index contributed by atoms with van der Waals surface area (Å²) in [5, 5.41) is 1.48. The van der Waals surface area contributed by atoms with Gasteiger partial charge in [0.1, 0.15) is 5.52 Å². The zero-order chi connectivity index (χ0) is 21.6. The number of nitrogens with zero attached hydrogens (tertiary/aromatic N) is 3. The van der Waals surface area contributed by atoms with E-state index >= 15 is 0 Å². The Morgan fingerprint density at radius 1 is 1.00 bits per heavy atom. The number of piperidine rings is 1. The van der Waals surface area contributed by atoms with Crippen molar-refractivity contribution >= 4 is 27.7 Å². The van der Waals surface area contributed by atoms with E-state index in [0.717, 1.165) is 16.5 Å². The lowest BCUT2D eigenvalue weighted by Crippen LogP contribution is -2.42. The average Bonchev–Trinajstić information content (AvgIpc) is 2.78. The van der Waals surface area contributed by atoms with Crippen LogP contribution in [0, 0.1) is 0 Å². The molecule has 31 heavy (non-hydrogen) atoms. The summed E-state index contributed by atoms with van der Waals surface area (Å²) in [6.07, 6.45) is 4.05. The first-order valence-corrected chi connectivity index (χ1v) is 9.95. The van der Waals surface area contributed by atoms with Gasteiger partial charge in [0.25, 0.3) is 17.4 Å². The third-order valence-corrected chi connectivity index (χ3v) is 5.66. The molecule has 6 nitrogen and oxygen atoms in total. The van der Waals surface area contributed by atoms with Crippen molar-refractivity contribution in [3.8, 4) is 11.1 Å². The van der Waals surface area contributed by atoms with Gasteiger partial charge in [0.15, 0.2) is 0 Å². The molecule has 0 spiro atoms. The van der Waals surface area contributed by atoms with E-state index in [1.165, 1.54) is 11.1 Å². The number of rotatable bonds is 2. The van der Waals surface area contributed by atoms with E-state index in [0.29, 0.717) is 22.0 Å². The number of hydrogen-bond donors (Lipinski definition) is 1. The van der Waals surface area contributed by atoms with Crippen molar-refractivity contribution in [2.24, 2.45) is 0 Å². The highest BCUT2D eigenvalue weighted by Crippen LogP contribution is 2.30. The number of carbonyl (C=O) groups excluding carboxylic acids is 1. The number of aromatic nitrogens is 3. The molecule has 1 fully saturated rings. The molecule has 4 heterocycles. The Balaban J connectivity index is 1.51. The predicted molar refractivity (Wildman–Crippen MR) is 113 cm³/mol. The molecule has 0 bridgehead atoms. The number of para-hydroxylation sites is 1. The Morgan fingerprint density at radius 2 is 1.74 bits per heavy atom. The maximum Gasteiger partial charge on any atom is 0.274 e. The SMILES string of the molecule is O=C(c1cnc2c(-c3cnc4c(=O)[nH]ccc4c3)cccc2c1)N1CCC(F)(F)CC1. The maximum absolute atomic E-state index is 13.4. The number of pyridine rings is 3. The lowest BCUT2D eigenvalue weighted by atomic mass is 10.0. The Hall–Kier alpha value is -3.68. The number of nitrogens with one attached hydrogen (secondary N) is 1. The average molecular weight is 420 g/mol. The van der Waals surface area contributed by atoms with Crippen LogP contribution in [0.3, 0.4) is 0 Å². The van der Waals surface area contributed by atoms with Crippen LogP contribution in [0.1, 0.15) is 23.2 Å². The van der Waals surface area contributed by atoms with Crippen molar-refractivity contribution in [3.63, 3.8) is 0 Å². The molecule has 1 aromatic carbocycles. The first kappa shape index (κ1) is 19.3. The van der Waals surface area contributed by atoms with Gasteiger partial charge in [-0.1, -0.05) is 18.2 Å². The fraction of sp³-hybridized carbons (Fsp3) is 0.217. The van der Waals surface area contributed by atoms with Crippen LogP contribution in [-0.2, 0) is 0 Å². The van der Waals surface area contributed by atoms with Gasteiger partial charge in [0, 0.05) is 66.4 Å². The van der Waals surface area contributed by atoms with Crippen LogP contribution in [0.2, 0.25) is 0 Å². The van der Waals surface area contributed by atoms with E-state index in [-0.39, 0.29) is 37.4 Å². The third kappa shape index (κ3) is 3.54. The van der Waals surface area contributed by atoms with Crippen LogP contribution >= 0.6 is 0 Å². The molecule has 1 amide bonds. The van der Waals surface area contributed by atoms with Gasteiger partial charge in [0.05, 0.1) is 11.1 Å². The summed E-state index contributed by atoms with van der Waals surface area (Å²) in [6.45, 7) is 0.0671. The number of H-pyrrole nitrogens is 1. The van der Waals surface area contributed by atoms with Crippen LogP contribution < -0.4 is 5.56 Å². The van der Waals surface area contributed by atoms with E-state index in [1.807, 2.05) is 24.3 Å². The van der Waals surface area contributed by atoms with Gasteiger partial charge < -0.3 is 9.88 Å². The van der Waals surface area contributed by atoms with Crippen molar-refractivity contribution in [1.29, 1.82) is 0 Å². The first-order chi connectivity index (χ1) is 14.9. The zero-order valence-electron chi connectivity index (χ0n) is 16.4. The smallest absolute Gasteiger partial charge is 0.274 e. The predicted octanol–water partition coefficient (Wildman–Crippen LogP) is 4.01. The second-order valence-corrected chi connectivity index (χ2v) is 7.72. The number of alkyl halides is 2. The molecular formula is C23H18F2N4O2. The molecule has 1 aliphatic rings. The Labute approximate surface area is 175 Å². The van der Waals surface area contributed by atoms with Crippen LogP contribution in [0.5, 0.6) is 0 Å². The van der Waals surface area contributed by atoms with Gasteiger partial charge in [-0.2, -0.15) is 0 Å². The fourth-order valence-electron chi connectivity index (χ4n) is 3.95. The Bertz CT molecular complexity index is 1370. The normalized spacial score (nSPS) is 16.0. The molecule has 5 rings (SSSR count). The second kappa shape index (κ2) is 7.23. The minimum atomic E-state index is -2.70. The monoisotopic (exact) mass is 420 g/mol. The molecule has 8 heteroatoms. The molecule has 1 N–H and O–H groups in total. The first-order valence-electron chi connectivity index (χ1n) is 9.95. The van der Waals surface area contributed by atoms with Crippen LogP contribution in [0.15, 0.2) is 59.8 Å². The van der Waals surface area contributed by atoms with Crippen molar-refractivity contribution in [2.45, 2.75) is 18.8 Å². The second-order valence-electron chi connectivity index (χ2n) is 7.72. The summed E-state index contributed by atoms with van der Waals surface area (Å²) in [7, 11) is 0. The molecule has 0 saturated carbocycles. The van der Waals surface area contributed by atoms with E-state index in [2.05, 4.69) is 15.0 Å². The minimum absolute atomic E-state index is 0.0335. The van der Waals surface area contributed by atoms with Crippen molar-refractivity contribution < 1.29 is 13.6 Å². The fourth-order valence-corrected chi connectivity index (χ4v) is 3.95. The minimum Gasteiger partial charge on any atom is -0.338 e. The van der Waals surface area contributed by atoms with Gasteiger partial charge in [-0.3, -0.25) is 14.6 Å². The molecule has 4 aromatic rings. The van der Waals surface area contributed by atoms with Crippen LogP contribution in [-0.4, -0.2) is 44.8 Å². The maximum atomic E-state index is 13.4. The summed E-state index contributed by atoms with van der Waals surface area (Å²) in [5.74, 6) is -2.99. The number of halogens is 2. The lowest BCUT2D eigenvalue weighted by molar-refractivity contribution is -0.0494. The Kier molecular flexibility index (Phi) is 4.50. The number of likely N-dealkylation sites (tertiary alicyclic amines) is 1. The zero-order valence-corrected chi connectivity index (χ0v) is 16.4. The summed E-state index contributed by atoms with van der Waals surface area (Å²) in [6, 6.07) is 11.0. The lowest BCUT2D eigenvalue weighted by Gasteiger charge is -2.31. The van der Waals surface area contributed by atoms with E-state index in [4.69, 9.17) is 0 Å².